The van der Waals surface area contributed by atoms with Crippen LogP contribution in [0.2, 0.25) is 0 Å². The first-order valence-corrected chi connectivity index (χ1v) is 6.69. The van der Waals surface area contributed by atoms with Crippen LogP contribution in [-0.4, -0.2) is 37.4 Å². The van der Waals surface area contributed by atoms with Crippen molar-refractivity contribution in [2.75, 3.05) is 7.11 Å². The van der Waals surface area contributed by atoms with Gasteiger partial charge in [-0.2, -0.15) is 10.2 Å². The second-order valence-electron chi connectivity index (χ2n) is 4.84. The topological polar surface area (TPSA) is 74.8 Å². The van der Waals surface area contributed by atoms with Gasteiger partial charge < -0.3 is 4.74 Å². The van der Waals surface area contributed by atoms with Crippen molar-refractivity contribution in [3.8, 4) is 22.8 Å². The van der Waals surface area contributed by atoms with Crippen molar-refractivity contribution in [1.29, 1.82) is 0 Å². The van der Waals surface area contributed by atoms with Crippen LogP contribution in [0.3, 0.4) is 0 Å². The number of aromatic nitrogens is 5. The SMILES string of the molecule is COc1ccc(-n2nc(C(C)=O)cc2-c2cnn(C)c2)cn1. The standard InChI is InChI=1S/C15H15N5O2/c1-10(21)13-6-14(11-7-17-19(2)9-11)20(18-13)12-4-5-15(22-3)16-8-12/h4-9H,1-3H3. The van der Waals surface area contributed by atoms with Crippen LogP contribution in [0.5, 0.6) is 5.88 Å². The highest BCUT2D eigenvalue weighted by Gasteiger charge is 2.15. The molecule has 0 saturated carbocycles. The number of rotatable bonds is 4. The summed E-state index contributed by atoms with van der Waals surface area (Å²) in [5.74, 6) is 0.427. The van der Waals surface area contributed by atoms with Gasteiger partial charge in [0.2, 0.25) is 5.88 Å². The number of nitrogens with zero attached hydrogens (tertiary/aromatic N) is 5. The molecule has 0 bridgehead atoms. The Morgan fingerprint density at radius 2 is 2.09 bits per heavy atom. The van der Waals surface area contributed by atoms with Gasteiger partial charge in [0.25, 0.3) is 0 Å². The highest BCUT2D eigenvalue weighted by Crippen LogP contribution is 2.24. The predicted molar refractivity (Wildman–Crippen MR) is 80.1 cm³/mol. The summed E-state index contributed by atoms with van der Waals surface area (Å²) in [6.07, 6.45) is 5.25. The first-order chi connectivity index (χ1) is 10.6. The maximum Gasteiger partial charge on any atom is 0.213 e. The van der Waals surface area contributed by atoms with E-state index in [2.05, 4.69) is 15.2 Å². The molecule has 0 radical (unpaired) electrons. The van der Waals surface area contributed by atoms with E-state index in [9.17, 15) is 4.79 Å². The van der Waals surface area contributed by atoms with Crippen LogP contribution in [0.4, 0.5) is 0 Å². The van der Waals surface area contributed by atoms with E-state index in [4.69, 9.17) is 4.74 Å². The molecule has 0 atom stereocenters. The first kappa shape index (κ1) is 14.0. The van der Waals surface area contributed by atoms with E-state index in [-0.39, 0.29) is 5.78 Å². The lowest BCUT2D eigenvalue weighted by Gasteiger charge is -2.06. The Labute approximate surface area is 127 Å². The van der Waals surface area contributed by atoms with E-state index in [1.807, 2.05) is 19.3 Å². The van der Waals surface area contributed by atoms with Crippen LogP contribution in [0.25, 0.3) is 16.9 Å². The van der Waals surface area contributed by atoms with Crippen molar-refractivity contribution >= 4 is 5.78 Å². The van der Waals surface area contributed by atoms with Gasteiger partial charge in [-0.05, 0) is 12.1 Å². The van der Waals surface area contributed by atoms with Crippen LogP contribution in [0.1, 0.15) is 17.4 Å². The molecule has 0 aliphatic heterocycles. The zero-order valence-corrected chi connectivity index (χ0v) is 12.5. The Balaban J connectivity index is 2.14. The predicted octanol–water partition coefficient (Wildman–Crippen LogP) is 1.88. The summed E-state index contributed by atoms with van der Waals surface area (Å²) in [5.41, 5.74) is 2.80. The fraction of sp³-hybridized carbons (Fsp3) is 0.200. The maximum absolute atomic E-state index is 11.6. The van der Waals surface area contributed by atoms with Gasteiger partial charge in [-0.25, -0.2) is 9.67 Å². The summed E-state index contributed by atoms with van der Waals surface area (Å²) in [7, 11) is 3.40. The van der Waals surface area contributed by atoms with E-state index in [1.165, 1.54) is 6.92 Å². The third-order valence-electron chi connectivity index (χ3n) is 3.25. The number of ketones is 1. The maximum atomic E-state index is 11.6. The van der Waals surface area contributed by atoms with Gasteiger partial charge in [0.15, 0.2) is 5.78 Å². The molecule has 0 aliphatic rings. The average Bonchev–Trinajstić information content (AvgIpc) is 3.13. The van der Waals surface area contributed by atoms with Crippen molar-refractivity contribution in [3.05, 3.63) is 42.5 Å². The van der Waals surface area contributed by atoms with Crippen molar-refractivity contribution < 1.29 is 9.53 Å². The summed E-state index contributed by atoms with van der Waals surface area (Å²) in [4.78, 5) is 15.8. The van der Waals surface area contributed by atoms with Gasteiger partial charge in [0.1, 0.15) is 5.69 Å². The summed E-state index contributed by atoms with van der Waals surface area (Å²) in [6, 6.07) is 5.34. The molecule has 7 nitrogen and oxygen atoms in total. The molecule has 3 heterocycles. The van der Waals surface area contributed by atoms with Gasteiger partial charge in [0, 0.05) is 31.8 Å². The number of carbonyl (C=O) groups is 1. The molecule has 3 rings (SSSR count). The molecule has 22 heavy (non-hydrogen) atoms. The van der Waals surface area contributed by atoms with E-state index in [0.29, 0.717) is 11.6 Å². The minimum atomic E-state index is -0.0923. The number of ether oxygens (including phenoxy) is 1. The molecule has 0 saturated heterocycles. The Morgan fingerprint density at radius 1 is 1.27 bits per heavy atom. The van der Waals surface area contributed by atoms with Crippen molar-refractivity contribution in [3.63, 3.8) is 0 Å². The first-order valence-electron chi connectivity index (χ1n) is 6.69. The monoisotopic (exact) mass is 297 g/mol. The Morgan fingerprint density at radius 3 is 2.64 bits per heavy atom. The lowest BCUT2D eigenvalue weighted by Crippen LogP contribution is -2.02. The number of pyridine rings is 1. The van der Waals surface area contributed by atoms with Gasteiger partial charge in [-0.15, -0.1) is 0 Å². The fourth-order valence-electron chi connectivity index (χ4n) is 2.13. The molecule has 3 aromatic rings. The number of aryl methyl sites for hydroxylation is 1. The summed E-state index contributed by atoms with van der Waals surface area (Å²) in [5, 5.41) is 8.53. The lowest BCUT2D eigenvalue weighted by atomic mass is 10.2. The third-order valence-corrected chi connectivity index (χ3v) is 3.25. The number of carbonyl (C=O) groups excluding carboxylic acids is 1. The molecule has 0 aliphatic carbocycles. The van der Waals surface area contributed by atoms with Crippen LogP contribution < -0.4 is 4.74 Å². The largest absolute Gasteiger partial charge is 0.481 e. The van der Waals surface area contributed by atoms with Crippen LogP contribution in [-0.2, 0) is 7.05 Å². The Bertz CT molecular complexity index is 817. The summed E-state index contributed by atoms with van der Waals surface area (Å²) in [6.45, 7) is 1.49. The third kappa shape index (κ3) is 2.48. The number of methoxy groups -OCH3 is 1. The smallest absolute Gasteiger partial charge is 0.213 e. The fourth-order valence-corrected chi connectivity index (χ4v) is 2.13. The van der Waals surface area contributed by atoms with Crippen LogP contribution >= 0.6 is 0 Å². The molecule has 112 valence electrons. The van der Waals surface area contributed by atoms with Gasteiger partial charge in [-0.1, -0.05) is 0 Å². The highest BCUT2D eigenvalue weighted by atomic mass is 16.5. The average molecular weight is 297 g/mol. The van der Waals surface area contributed by atoms with E-state index in [1.54, 1.807) is 41.0 Å². The molecule has 3 aromatic heterocycles. The molecule has 0 spiro atoms. The molecule has 0 unspecified atom stereocenters. The second-order valence-corrected chi connectivity index (χ2v) is 4.84. The number of Topliss-reactive ketones (excluding diaryl/α,β-unsaturated/α-hetero) is 1. The zero-order chi connectivity index (χ0) is 15.7. The minimum Gasteiger partial charge on any atom is -0.481 e. The van der Waals surface area contributed by atoms with Gasteiger partial charge in [0.05, 0.1) is 30.9 Å². The van der Waals surface area contributed by atoms with Gasteiger partial charge >= 0.3 is 0 Å². The van der Waals surface area contributed by atoms with E-state index in [0.717, 1.165) is 16.9 Å². The van der Waals surface area contributed by atoms with Crippen LogP contribution in [0, 0.1) is 0 Å². The van der Waals surface area contributed by atoms with Crippen molar-refractivity contribution in [2.45, 2.75) is 6.92 Å². The Kier molecular flexibility index (Phi) is 3.46. The highest BCUT2D eigenvalue weighted by molar-refractivity contribution is 5.93. The molecule has 0 fully saturated rings. The lowest BCUT2D eigenvalue weighted by molar-refractivity contribution is 0.101. The second kappa shape index (κ2) is 5.44. The number of hydrogen-bond donors (Lipinski definition) is 0. The molecule has 0 N–H and O–H groups in total. The normalized spacial score (nSPS) is 10.7. The molecule has 0 aromatic carbocycles. The quantitative estimate of drug-likeness (QED) is 0.687. The van der Waals surface area contributed by atoms with Crippen molar-refractivity contribution in [1.82, 2.24) is 24.5 Å². The summed E-state index contributed by atoms with van der Waals surface area (Å²) < 4.78 is 8.44. The van der Waals surface area contributed by atoms with E-state index >= 15 is 0 Å². The molecule has 0 amide bonds. The molecular formula is C15H15N5O2. The number of hydrogen-bond acceptors (Lipinski definition) is 5. The molecular weight excluding hydrogens is 282 g/mol. The Hall–Kier alpha value is -2.96. The molecule has 7 heteroatoms. The van der Waals surface area contributed by atoms with Gasteiger partial charge in [-0.3, -0.25) is 9.48 Å². The zero-order valence-electron chi connectivity index (χ0n) is 12.5. The summed E-state index contributed by atoms with van der Waals surface area (Å²) >= 11 is 0. The van der Waals surface area contributed by atoms with Crippen molar-refractivity contribution in [2.24, 2.45) is 7.05 Å². The minimum absolute atomic E-state index is 0.0923. The van der Waals surface area contributed by atoms with E-state index < -0.39 is 0 Å². The van der Waals surface area contributed by atoms with Crippen LogP contribution in [0.15, 0.2) is 36.8 Å².